The third kappa shape index (κ3) is 7.32. The van der Waals surface area contributed by atoms with Crippen LogP contribution in [-0.2, 0) is 21.9 Å². The predicted octanol–water partition coefficient (Wildman–Crippen LogP) is 6.90. The number of aryl methyl sites for hydroxylation is 1. The number of hydrogen-bond donors (Lipinski definition) is 2. The number of rotatable bonds is 7. The molecule has 0 unspecified atom stereocenters. The van der Waals surface area contributed by atoms with Crippen molar-refractivity contribution in [1.82, 2.24) is 14.1 Å². The van der Waals surface area contributed by atoms with Gasteiger partial charge in [-0.2, -0.15) is 9.40 Å². The summed E-state index contributed by atoms with van der Waals surface area (Å²) in [6.45, 7) is 9.14. The average molecular weight is 604 g/mol. The largest absolute Gasteiger partial charge is 0.324 e. The standard InChI is InChI=1S/C33H38FN5O3S/c1-23-5-13-28(14-6-23)39-31(22-30(37-39)33(2,3)4)36-32(40)35-27-11-7-24(8-12-27)21-25-17-19-38(20-18-25)43(41,42)29-15-9-26(34)10-16-29/h5-16,22,25H,17-21H2,1-4H3,(H2,35,36,40). The van der Waals surface area contributed by atoms with Crippen molar-refractivity contribution in [1.29, 1.82) is 0 Å². The Bertz CT molecular complexity index is 1670. The van der Waals surface area contributed by atoms with Gasteiger partial charge in [0.05, 0.1) is 16.3 Å². The lowest BCUT2D eigenvalue weighted by atomic mass is 9.91. The molecule has 1 aliphatic rings. The Morgan fingerprint density at radius 3 is 2.16 bits per heavy atom. The minimum Gasteiger partial charge on any atom is -0.308 e. The number of halogens is 1. The summed E-state index contributed by atoms with van der Waals surface area (Å²) in [6, 6.07) is 22.2. The number of carbonyl (C=O) groups is 1. The highest BCUT2D eigenvalue weighted by atomic mass is 32.2. The lowest BCUT2D eigenvalue weighted by molar-refractivity contribution is 0.262. The van der Waals surface area contributed by atoms with Crippen molar-refractivity contribution < 1.29 is 17.6 Å². The zero-order valence-corrected chi connectivity index (χ0v) is 25.8. The van der Waals surface area contributed by atoms with Crippen molar-refractivity contribution in [3.63, 3.8) is 0 Å². The monoisotopic (exact) mass is 603 g/mol. The molecule has 43 heavy (non-hydrogen) atoms. The molecule has 226 valence electrons. The number of carbonyl (C=O) groups excluding carboxylic acids is 1. The van der Waals surface area contributed by atoms with E-state index in [0.717, 1.165) is 41.8 Å². The first-order valence-electron chi connectivity index (χ1n) is 14.5. The van der Waals surface area contributed by atoms with Crippen LogP contribution in [0.3, 0.4) is 0 Å². The third-order valence-corrected chi connectivity index (χ3v) is 9.67. The molecule has 2 amide bonds. The molecule has 0 atom stereocenters. The first-order chi connectivity index (χ1) is 20.4. The van der Waals surface area contributed by atoms with E-state index in [2.05, 4.69) is 31.4 Å². The van der Waals surface area contributed by atoms with Crippen molar-refractivity contribution in [2.24, 2.45) is 5.92 Å². The maximum atomic E-state index is 13.2. The van der Waals surface area contributed by atoms with E-state index in [4.69, 9.17) is 5.10 Å². The lowest BCUT2D eigenvalue weighted by Crippen LogP contribution is -2.38. The van der Waals surface area contributed by atoms with E-state index < -0.39 is 15.8 Å². The van der Waals surface area contributed by atoms with Gasteiger partial charge in [0.2, 0.25) is 10.0 Å². The second kappa shape index (κ2) is 12.3. The normalized spacial score (nSPS) is 14.9. The molecule has 1 saturated heterocycles. The third-order valence-electron chi connectivity index (χ3n) is 7.76. The molecular weight excluding hydrogens is 565 g/mol. The Morgan fingerprint density at radius 1 is 0.930 bits per heavy atom. The number of piperidine rings is 1. The van der Waals surface area contributed by atoms with Crippen molar-refractivity contribution in [3.8, 4) is 5.69 Å². The molecule has 0 saturated carbocycles. The van der Waals surface area contributed by atoms with Gasteiger partial charge in [0, 0.05) is 30.3 Å². The van der Waals surface area contributed by atoms with Gasteiger partial charge in [0.15, 0.2) is 0 Å². The Balaban J connectivity index is 1.17. The minimum absolute atomic E-state index is 0.119. The molecule has 0 spiro atoms. The van der Waals surface area contributed by atoms with Gasteiger partial charge in [-0.15, -0.1) is 0 Å². The zero-order chi connectivity index (χ0) is 30.8. The van der Waals surface area contributed by atoms with Crippen LogP contribution in [0.1, 0.15) is 50.4 Å². The minimum atomic E-state index is -3.63. The van der Waals surface area contributed by atoms with Crippen LogP contribution in [0.4, 0.5) is 20.7 Å². The van der Waals surface area contributed by atoms with Crippen LogP contribution in [-0.4, -0.2) is 41.6 Å². The Kier molecular flexibility index (Phi) is 8.71. The molecule has 1 fully saturated rings. The maximum Gasteiger partial charge on any atom is 0.324 e. The van der Waals surface area contributed by atoms with E-state index in [1.807, 2.05) is 61.5 Å². The number of benzene rings is 3. The van der Waals surface area contributed by atoms with Gasteiger partial charge in [-0.3, -0.25) is 5.32 Å². The average Bonchev–Trinajstić information content (AvgIpc) is 3.39. The first kappa shape index (κ1) is 30.4. The summed E-state index contributed by atoms with van der Waals surface area (Å²) in [5.41, 5.74) is 4.47. The summed E-state index contributed by atoms with van der Waals surface area (Å²) in [4.78, 5) is 13.1. The van der Waals surface area contributed by atoms with E-state index in [1.165, 1.54) is 28.6 Å². The summed E-state index contributed by atoms with van der Waals surface area (Å²) >= 11 is 0. The number of sulfonamides is 1. The smallest absolute Gasteiger partial charge is 0.308 e. The molecule has 4 aromatic rings. The van der Waals surface area contributed by atoms with Crippen molar-refractivity contribution in [2.75, 3.05) is 23.7 Å². The number of aromatic nitrogens is 2. The topological polar surface area (TPSA) is 96.3 Å². The van der Waals surface area contributed by atoms with E-state index >= 15 is 0 Å². The molecule has 10 heteroatoms. The first-order valence-corrected chi connectivity index (χ1v) is 15.9. The van der Waals surface area contributed by atoms with Crippen molar-refractivity contribution >= 4 is 27.6 Å². The molecule has 0 radical (unpaired) electrons. The van der Waals surface area contributed by atoms with Gasteiger partial charge in [0.1, 0.15) is 11.6 Å². The van der Waals surface area contributed by atoms with Crippen molar-refractivity contribution in [2.45, 2.75) is 57.3 Å². The van der Waals surface area contributed by atoms with Crippen LogP contribution in [0.5, 0.6) is 0 Å². The molecule has 5 rings (SSSR count). The van der Waals surface area contributed by atoms with E-state index in [-0.39, 0.29) is 16.3 Å². The summed E-state index contributed by atoms with van der Waals surface area (Å²) < 4.78 is 42.3. The second-order valence-corrected chi connectivity index (χ2v) is 14.1. The molecule has 1 aliphatic heterocycles. The van der Waals surface area contributed by atoms with Gasteiger partial charge >= 0.3 is 6.03 Å². The number of nitrogens with one attached hydrogen (secondary N) is 2. The summed E-state index contributed by atoms with van der Waals surface area (Å²) in [5, 5.41) is 10.6. The van der Waals surface area contributed by atoms with Crippen LogP contribution in [0.25, 0.3) is 5.69 Å². The van der Waals surface area contributed by atoms with Crippen LogP contribution in [0.15, 0.2) is 83.8 Å². The van der Waals surface area contributed by atoms with Gasteiger partial charge < -0.3 is 5.32 Å². The molecule has 2 heterocycles. The molecular formula is C33H38FN5O3S. The molecule has 0 bridgehead atoms. The second-order valence-electron chi connectivity index (χ2n) is 12.2. The van der Waals surface area contributed by atoms with Crippen LogP contribution in [0.2, 0.25) is 0 Å². The van der Waals surface area contributed by atoms with E-state index in [0.29, 0.717) is 30.5 Å². The Hall–Kier alpha value is -4.02. The quantitative estimate of drug-likeness (QED) is 0.240. The summed E-state index contributed by atoms with van der Waals surface area (Å²) in [7, 11) is -3.63. The molecule has 1 aromatic heterocycles. The summed E-state index contributed by atoms with van der Waals surface area (Å²) in [5.74, 6) is 0.469. The molecule has 3 aromatic carbocycles. The maximum absolute atomic E-state index is 13.2. The molecule has 0 aliphatic carbocycles. The van der Waals surface area contributed by atoms with E-state index in [9.17, 15) is 17.6 Å². The van der Waals surface area contributed by atoms with E-state index in [1.54, 1.807) is 4.68 Å². The number of hydrogen-bond acceptors (Lipinski definition) is 4. The van der Waals surface area contributed by atoms with Crippen LogP contribution in [0, 0.1) is 18.7 Å². The van der Waals surface area contributed by atoms with Gasteiger partial charge in [0.25, 0.3) is 0 Å². The number of urea groups is 1. The molecule has 2 N–H and O–H groups in total. The SMILES string of the molecule is Cc1ccc(-n2nc(C(C)(C)C)cc2NC(=O)Nc2ccc(CC3CCN(S(=O)(=O)c4ccc(F)cc4)CC3)cc2)cc1. The highest BCUT2D eigenvalue weighted by Crippen LogP contribution is 2.28. The fraction of sp³-hybridized carbons (Fsp3) is 0.333. The van der Waals surface area contributed by atoms with Crippen molar-refractivity contribution in [3.05, 3.63) is 102 Å². The zero-order valence-electron chi connectivity index (χ0n) is 25.0. The predicted molar refractivity (Wildman–Crippen MR) is 168 cm³/mol. The lowest BCUT2D eigenvalue weighted by Gasteiger charge is -2.31. The van der Waals surface area contributed by atoms with Gasteiger partial charge in [-0.05, 0) is 86.2 Å². The summed E-state index contributed by atoms with van der Waals surface area (Å²) in [6.07, 6.45) is 2.31. The van der Waals surface area contributed by atoms with Gasteiger partial charge in [-0.1, -0.05) is 50.6 Å². The molecule has 8 nitrogen and oxygen atoms in total. The number of nitrogens with zero attached hydrogens (tertiary/aromatic N) is 3. The number of anilines is 2. The van der Waals surface area contributed by atoms with Gasteiger partial charge in [-0.25, -0.2) is 22.3 Å². The highest BCUT2D eigenvalue weighted by Gasteiger charge is 2.29. The highest BCUT2D eigenvalue weighted by molar-refractivity contribution is 7.89. The van der Waals surface area contributed by atoms with Crippen LogP contribution >= 0.6 is 0 Å². The fourth-order valence-corrected chi connectivity index (χ4v) is 6.63. The Labute approximate surface area is 253 Å². The fourth-order valence-electron chi connectivity index (χ4n) is 5.16. The Morgan fingerprint density at radius 2 is 1.56 bits per heavy atom. The van der Waals surface area contributed by atoms with Crippen LogP contribution < -0.4 is 10.6 Å². The number of amides is 2.